The number of urea groups is 1. The van der Waals surface area contributed by atoms with Crippen molar-refractivity contribution in [1.29, 1.82) is 0 Å². The number of rotatable bonds is 5. The first-order valence-corrected chi connectivity index (χ1v) is 10.3. The minimum absolute atomic E-state index is 0.0861. The molecule has 1 aliphatic heterocycles. The summed E-state index contributed by atoms with van der Waals surface area (Å²) in [6, 6.07) is 15.5. The van der Waals surface area contributed by atoms with Crippen LogP contribution in [0, 0.1) is 5.82 Å². The lowest BCUT2D eigenvalue weighted by Crippen LogP contribution is -2.46. The third-order valence-corrected chi connectivity index (χ3v) is 5.47. The summed E-state index contributed by atoms with van der Waals surface area (Å²) in [5.41, 5.74) is 3.86. The molecule has 2 N–H and O–H groups in total. The number of aromatic nitrogens is 1. The van der Waals surface area contributed by atoms with Crippen molar-refractivity contribution >= 4 is 17.4 Å². The fourth-order valence-corrected chi connectivity index (χ4v) is 3.81. The minimum Gasteiger partial charge on any atom is -0.497 e. The van der Waals surface area contributed by atoms with Crippen LogP contribution < -0.4 is 20.3 Å². The maximum absolute atomic E-state index is 13.0. The topological polar surface area (TPSA) is 66.5 Å². The molecular formula is C24H25FN4O2. The molecule has 1 fully saturated rings. The number of piperidine rings is 1. The van der Waals surface area contributed by atoms with Crippen molar-refractivity contribution in [1.82, 2.24) is 10.3 Å². The molecule has 6 nitrogen and oxygen atoms in total. The maximum Gasteiger partial charge on any atom is 0.319 e. The van der Waals surface area contributed by atoms with Crippen molar-refractivity contribution < 1.29 is 13.9 Å². The van der Waals surface area contributed by atoms with Crippen LogP contribution in [0.1, 0.15) is 12.8 Å². The summed E-state index contributed by atoms with van der Waals surface area (Å²) in [5.74, 6) is 0.489. The monoisotopic (exact) mass is 420 g/mol. The number of methoxy groups -OCH3 is 1. The summed E-state index contributed by atoms with van der Waals surface area (Å²) in [5, 5.41) is 5.77. The molecule has 0 spiro atoms. The van der Waals surface area contributed by atoms with Crippen molar-refractivity contribution in [3.63, 3.8) is 0 Å². The van der Waals surface area contributed by atoms with Gasteiger partial charge < -0.3 is 20.3 Å². The number of nitrogens with one attached hydrogen (secondary N) is 2. The van der Waals surface area contributed by atoms with Gasteiger partial charge in [0.1, 0.15) is 11.6 Å². The normalized spacial score (nSPS) is 14.2. The average molecular weight is 420 g/mol. The molecule has 1 aromatic heterocycles. The average Bonchev–Trinajstić information content (AvgIpc) is 2.81. The molecule has 4 rings (SSSR count). The van der Waals surface area contributed by atoms with Crippen molar-refractivity contribution in [2.24, 2.45) is 0 Å². The Hall–Kier alpha value is -3.61. The molecule has 0 radical (unpaired) electrons. The number of hydrogen-bond acceptors (Lipinski definition) is 4. The van der Waals surface area contributed by atoms with E-state index in [1.807, 2.05) is 42.7 Å². The van der Waals surface area contributed by atoms with Gasteiger partial charge in [0.05, 0.1) is 7.11 Å². The summed E-state index contributed by atoms with van der Waals surface area (Å²) >= 11 is 0. The van der Waals surface area contributed by atoms with Crippen LogP contribution in [0.2, 0.25) is 0 Å². The molecular weight excluding hydrogens is 395 g/mol. The summed E-state index contributed by atoms with van der Waals surface area (Å²) in [4.78, 5) is 18.9. The Kier molecular flexibility index (Phi) is 6.31. The second kappa shape index (κ2) is 9.47. The summed E-state index contributed by atoms with van der Waals surface area (Å²) < 4.78 is 18.3. The second-order valence-corrected chi connectivity index (χ2v) is 7.49. The fraction of sp³-hybridized carbons (Fsp3) is 0.250. The predicted octanol–water partition coefficient (Wildman–Crippen LogP) is 4.69. The number of hydrogen-bond donors (Lipinski definition) is 2. The van der Waals surface area contributed by atoms with E-state index in [0.717, 1.165) is 48.5 Å². The third-order valence-electron chi connectivity index (χ3n) is 5.47. The van der Waals surface area contributed by atoms with Gasteiger partial charge in [-0.05, 0) is 60.9 Å². The lowest BCUT2D eigenvalue weighted by atomic mass is 10.0. The molecule has 1 aliphatic rings. The molecule has 0 saturated carbocycles. The van der Waals surface area contributed by atoms with E-state index in [9.17, 15) is 9.18 Å². The molecule has 0 unspecified atom stereocenters. The van der Waals surface area contributed by atoms with Crippen molar-refractivity contribution in [3.05, 3.63) is 72.8 Å². The molecule has 2 amide bonds. The van der Waals surface area contributed by atoms with Crippen molar-refractivity contribution in [2.75, 3.05) is 30.4 Å². The van der Waals surface area contributed by atoms with Gasteiger partial charge in [-0.2, -0.15) is 0 Å². The van der Waals surface area contributed by atoms with Crippen molar-refractivity contribution in [3.8, 4) is 16.9 Å². The number of carbonyl (C=O) groups is 1. The van der Waals surface area contributed by atoms with Crippen molar-refractivity contribution in [2.45, 2.75) is 18.9 Å². The highest BCUT2D eigenvalue weighted by atomic mass is 19.1. The van der Waals surface area contributed by atoms with Crippen LogP contribution in [0.3, 0.4) is 0 Å². The molecule has 160 valence electrons. The van der Waals surface area contributed by atoms with E-state index in [0.29, 0.717) is 5.69 Å². The van der Waals surface area contributed by atoms with Gasteiger partial charge in [0.2, 0.25) is 0 Å². The first kappa shape index (κ1) is 20.7. The zero-order chi connectivity index (χ0) is 21.6. The predicted molar refractivity (Wildman–Crippen MR) is 120 cm³/mol. The Labute approximate surface area is 181 Å². The van der Waals surface area contributed by atoms with Gasteiger partial charge in [-0.3, -0.25) is 4.98 Å². The number of ether oxygens (including phenoxy) is 1. The van der Waals surface area contributed by atoms with Crippen LogP contribution in [0.4, 0.5) is 20.6 Å². The third kappa shape index (κ3) is 5.12. The standard InChI is InChI=1S/C24H25FN4O2/c1-31-21-8-2-17(3-9-21)22-16-26-13-10-23(22)29-14-11-20(12-15-29)28-24(30)27-19-6-4-18(25)5-7-19/h2-10,13,16,20H,11-12,14-15H2,1H3,(H2,27,28,30). The van der Waals surface area contributed by atoms with Crippen LogP contribution in [0.5, 0.6) is 5.75 Å². The second-order valence-electron chi connectivity index (χ2n) is 7.49. The fourth-order valence-electron chi connectivity index (χ4n) is 3.81. The lowest BCUT2D eigenvalue weighted by Gasteiger charge is -2.35. The van der Waals surface area contributed by atoms with Crippen LogP contribution >= 0.6 is 0 Å². The zero-order valence-corrected chi connectivity index (χ0v) is 17.3. The van der Waals surface area contributed by atoms with Gasteiger partial charge in [0.25, 0.3) is 0 Å². The van der Waals surface area contributed by atoms with E-state index >= 15 is 0 Å². The molecule has 0 bridgehead atoms. The van der Waals surface area contributed by atoms with E-state index in [-0.39, 0.29) is 17.9 Å². The number of anilines is 2. The Morgan fingerprint density at radius 3 is 2.45 bits per heavy atom. The van der Waals surface area contributed by atoms with Gasteiger partial charge >= 0.3 is 6.03 Å². The molecule has 2 heterocycles. The molecule has 0 atom stereocenters. The number of amides is 2. The molecule has 31 heavy (non-hydrogen) atoms. The SMILES string of the molecule is COc1ccc(-c2cnccc2N2CCC(NC(=O)Nc3ccc(F)cc3)CC2)cc1. The summed E-state index contributed by atoms with van der Waals surface area (Å²) in [6.07, 6.45) is 5.36. The Morgan fingerprint density at radius 1 is 1.06 bits per heavy atom. The smallest absolute Gasteiger partial charge is 0.319 e. The van der Waals surface area contributed by atoms with E-state index in [2.05, 4.69) is 20.5 Å². The van der Waals surface area contributed by atoms with Crippen LogP contribution in [-0.2, 0) is 0 Å². The lowest BCUT2D eigenvalue weighted by molar-refractivity contribution is 0.246. The number of nitrogens with zero attached hydrogens (tertiary/aromatic N) is 2. The quantitative estimate of drug-likeness (QED) is 0.629. The Bertz CT molecular complexity index is 1020. The number of pyridine rings is 1. The van der Waals surface area contributed by atoms with Crippen LogP contribution in [0.25, 0.3) is 11.1 Å². The largest absolute Gasteiger partial charge is 0.497 e. The highest BCUT2D eigenvalue weighted by Gasteiger charge is 2.22. The Morgan fingerprint density at radius 2 is 1.77 bits per heavy atom. The van der Waals surface area contributed by atoms with Gasteiger partial charge in [-0.25, -0.2) is 9.18 Å². The molecule has 7 heteroatoms. The highest BCUT2D eigenvalue weighted by Crippen LogP contribution is 2.32. The van der Waals surface area contributed by atoms with Crippen LogP contribution in [-0.4, -0.2) is 37.3 Å². The van der Waals surface area contributed by atoms with E-state index in [1.165, 1.54) is 12.1 Å². The highest BCUT2D eigenvalue weighted by molar-refractivity contribution is 5.89. The van der Waals surface area contributed by atoms with E-state index in [4.69, 9.17) is 4.74 Å². The van der Waals surface area contributed by atoms with Gasteiger partial charge in [-0.15, -0.1) is 0 Å². The molecule has 2 aromatic carbocycles. The summed E-state index contributed by atoms with van der Waals surface area (Å²) in [6.45, 7) is 1.66. The van der Waals surface area contributed by atoms with Gasteiger partial charge in [0.15, 0.2) is 0 Å². The first-order valence-electron chi connectivity index (χ1n) is 10.3. The zero-order valence-electron chi connectivity index (χ0n) is 17.3. The summed E-state index contributed by atoms with van der Waals surface area (Å²) in [7, 11) is 1.66. The molecule has 0 aliphatic carbocycles. The maximum atomic E-state index is 13.0. The Balaban J connectivity index is 1.36. The number of carbonyl (C=O) groups excluding carboxylic acids is 1. The van der Waals surface area contributed by atoms with Gasteiger partial charge in [0, 0.05) is 48.5 Å². The first-order chi connectivity index (χ1) is 15.1. The van der Waals surface area contributed by atoms with Gasteiger partial charge in [-0.1, -0.05) is 12.1 Å². The van der Waals surface area contributed by atoms with Crippen LogP contribution in [0.15, 0.2) is 67.0 Å². The molecule has 3 aromatic rings. The number of halogens is 1. The molecule has 1 saturated heterocycles. The van der Waals surface area contributed by atoms with E-state index in [1.54, 1.807) is 19.2 Å². The van der Waals surface area contributed by atoms with E-state index < -0.39 is 0 Å². The number of benzene rings is 2. The minimum atomic E-state index is -0.330.